The van der Waals surface area contributed by atoms with Crippen LogP contribution in [0, 0.1) is 17.7 Å². The Morgan fingerprint density at radius 1 is 1.24 bits per heavy atom. The Bertz CT molecular complexity index is 1260. The van der Waals surface area contributed by atoms with Crippen molar-refractivity contribution < 1.29 is 13.9 Å². The predicted octanol–water partition coefficient (Wildman–Crippen LogP) is 7.40. The second-order valence-corrected chi connectivity index (χ2v) is 10.4. The van der Waals surface area contributed by atoms with E-state index >= 15 is 4.39 Å². The molecule has 0 aliphatic heterocycles. The van der Waals surface area contributed by atoms with Crippen LogP contribution in [0.25, 0.3) is 5.57 Å². The molecular formula is C29H36ClFN4O2. The first kappa shape index (κ1) is 27.4. The monoisotopic (exact) mass is 526 g/mol. The number of Topliss-reactive ketones (excluding diaryl/α,β-unsaturated/α-hetero) is 1. The van der Waals surface area contributed by atoms with Gasteiger partial charge in [0.1, 0.15) is 5.69 Å². The van der Waals surface area contributed by atoms with Crippen LogP contribution in [0.2, 0.25) is 5.15 Å². The normalized spacial score (nSPS) is 18.0. The van der Waals surface area contributed by atoms with Gasteiger partial charge in [-0.2, -0.15) is 0 Å². The first-order valence-corrected chi connectivity index (χ1v) is 13.7. The number of allylic oxidation sites excluding steroid dienone is 4. The SMILES string of the molecule is CCCC1=C(C(=O)C(C)CC)C2=C(CC1C)c1c(cnc(Nc3cc(Cl)nnc3COCC)c1F)CC2. The Kier molecular flexibility index (Phi) is 8.75. The average Bonchev–Trinajstić information content (AvgIpc) is 2.89. The van der Waals surface area contributed by atoms with E-state index in [0.29, 0.717) is 36.4 Å². The first-order chi connectivity index (χ1) is 17.8. The minimum atomic E-state index is -0.415. The highest BCUT2D eigenvalue weighted by molar-refractivity contribution is 6.29. The standard InChI is InChI=1S/C29H36ClFN4O2/c1-6-9-19-17(5)12-21-20(26(19)28(36)16(4)7-2)11-10-18-14-32-29(27(31)25(18)21)33-22-13-24(30)35-34-23(22)15-37-8-3/h13-14,16-17H,6-12,15H2,1-5H3,(H,32,33,35). The molecule has 0 spiro atoms. The van der Waals surface area contributed by atoms with Crippen molar-refractivity contribution in [3.8, 4) is 0 Å². The number of aromatic nitrogens is 3. The van der Waals surface area contributed by atoms with Gasteiger partial charge in [-0.1, -0.05) is 51.3 Å². The Balaban J connectivity index is 1.82. The van der Waals surface area contributed by atoms with Crippen molar-refractivity contribution in [3.63, 3.8) is 0 Å². The number of carbonyl (C=O) groups is 1. The quantitative estimate of drug-likeness (QED) is 0.347. The topological polar surface area (TPSA) is 77.0 Å². The lowest BCUT2D eigenvalue weighted by molar-refractivity contribution is -0.118. The number of aryl methyl sites for hydroxylation is 1. The van der Waals surface area contributed by atoms with E-state index in [4.69, 9.17) is 16.3 Å². The van der Waals surface area contributed by atoms with Crippen molar-refractivity contribution >= 4 is 34.5 Å². The van der Waals surface area contributed by atoms with Gasteiger partial charge in [0, 0.05) is 35.9 Å². The van der Waals surface area contributed by atoms with Crippen molar-refractivity contribution in [2.75, 3.05) is 11.9 Å². The number of pyridine rings is 1. The zero-order chi connectivity index (χ0) is 26.7. The van der Waals surface area contributed by atoms with E-state index in [0.717, 1.165) is 48.0 Å². The summed E-state index contributed by atoms with van der Waals surface area (Å²) in [5.74, 6) is -0.00643. The molecule has 2 unspecified atom stereocenters. The summed E-state index contributed by atoms with van der Waals surface area (Å²) in [6.07, 6.45) is 6.51. The Morgan fingerprint density at radius 3 is 2.73 bits per heavy atom. The van der Waals surface area contributed by atoms with E-state index in [9.17, 15) is 4.79 Å². The minimum Gasteiger partial charge on any atom is -0.375 e. The highest BCUT2D eigenvalue weighted by Gasteiger charge is 2.36. The lowest BCUT2D eigenvalue weighted by Gasteiger charge is -2.35. The molecule has 37 heavy (non-hydrogen) atoms. The molecular weight excluding hydrogens is 491 g/mol. The molecule has 2 aromatic heterocycles. The van der Waals surface area contributed by atoms with Gasteiger partial charge in [0.05, 0.1) is 12.3 Å². The second kappa shape index (κ2) is 11.8. The van der Waals surface area contributed by atoms with E-state index < -0.39 is 5.82 Å². The molecule has 198 valence electrons. The smallest absolute Gasteiger partial charge is 0.173 e. The molecule has 2 heterocycles. The number of nitrogens with zero attached hydrogens (tertiary/aromatic N) is 3. The van der Waals surface area contributed by atoms with Crippen LogP contribution in [-0.2, 0) is 22.6 Å². The summed E-state index contributed by atoms with van der Waals surface area (Å²) in [6, 6.07) is 1.60. The minimum absolute atomic E-state index is 0.0606. The molecule has 0 saturated heterocycles. The van der Waals surface area contributed by atoms with Gasteiger partial charge >= 0.3 is 0 Å². The fourth-order valence-electron chi connectivity index (χ4n) is 5.37. The zero-order valence-corrected chi connectivity index (χ0v) is 23.1. The van der Waals surface area contributed by atoms with Crippen LogP contribution in [0.1, 0.15) is 83.5 Å². The molecule has 0 radical (unpaired) electrons. The van der Waals surface area contributed by atoms with Gasteiger partial charge in [-0.3, -0.25) is 4.79 Å². The van der Waals surface area contributed by atoms with Gasteiger partial charge in [0.2, 0.25) is 0 Å². The average molecular weight is 527 g/mol. The Morgan fingerprint density at radius 2 is 2.03 bits per heavy atom. The van der Waals surface area contributed by atoms with Crippen LogP contribution in [0.15, 0.2) is 29.0 Å². The highest BCUT2D eigenvalue weighted by Crippen LogP contribution is 2.48. The lowest BCUT2D eigenvalue weighted by atomic mass is 9.69. The van der Waals surface area contributed by atoms with E-state index in [2.05, 4.69) is 34.3 Å². The van der Waals surface area contributed by atoms with Gasteiger partial charge in [-0.05, 0) is 61.7 Å². The van der Waals surface area contributed by atoms with Crippen molar-refractivity contribution in [3.05, 3.63) is 56.8 Å². The predicted molar refractivity (Wildman–Crippen MR) is 145 cm³/mol. The molecule has 2 atom stereocenters. The van der Waals surface area contributed by atoms with Crippen LogP contribution in [0.3, 0.4) is 0 Å². The number of hydrogen-bond donors (Lipinski definition) is 1. The van der Waals surface area contributed by atoms with Crippen LogP contribution < -0.4 is 5.32 Å². The number of ether oxygens (including phenoxy) is 1. The van der Waals surface area contributed by atoms with Gasteiger partial charge in [-0.15, -0.1) is 10.2 Å². The lowest BCUT2D eigenvalue weighted by Crippen LogP contribution is -2.25. The second-order valence-electron chi connectivity index (χ2n) is 10.00. The number of ketones is 1. The third-order valence-corrected chi connectivity index (χ3v) is 7.68. The summed E-state index contributed by atoms with van der Waals surface area (Å²) in [5.41, 5.74) is 6.55. The summed E-state index contributed by atoms with van der Waals surface area (Å²) >= 11 is 6.09. The molecule has 6 nitrogen and oxygen atoms in total. The molecule has 2 aliphatic carbocycles. The number of carbonyl (C=O) groups excluding carboxylic acids is 1. The van der Waals surface area contributed by atoms with Crippen LogP contribution in [0.4, 0.5) is 15.9 Å². The molecule has 0 amide bonds. The number of halogens is 2. The maximum atomic E-state index is 16.3. The fourth-order valence-corrected chi connectivity index (χ4v) is 5.52. The third kappa shape index (κ3) is 5.48. The van der Waals surface area contributed by atoms with Crippen molar-refractivity contribution in [2.24, 2.45) is 11.8 Å². The van der Waals surface area contributed by atoms with Crippen molar-refractivity contribution in [2.45, 2.75) is 79.8 Å². The molecule has 0 aromatic carbocycles. The molecule has 0 saturated carbocycles. The Hall–Kier alpha value is -2.64. The van der Waals surface area contributed by atoms with Crippen LogP contribution in [-0.4, -0.2) is 27.6 Å². The van der Waals surface area contributed by atoms with Crippen molar-refractivity contribution in [1.29, 1.82) is 0 Å². The number of fused-ring (bicyclic) bond motifs is 2. The van der Waals surface area contributed by atoms with Gasteiger partial charge in [0.25, 0.3) is 0 Å². The summed E-state index contributed by atoms with van der Waals surface area (Å²) < 4.78 is 21.7. The first-order valence-electron chi connectivity index (χ1n) is 13.3. The van der Waals surface area contributed by atoms with Gasteiger partial charge in [0.15, 0.2) is 22.6 Å². The number of anilines is 2. The third-order valence-electron chi connectivity index (χ3n) is 7.50. The molecule has 0 fully saturated rings. The van der Waals surface area contributed by atoms with Crippen LogP contribution in [0.5, 0.6) is 0 Å². The summed E-state index contributed by atoms with van der Waals surface area (Å²) in [6.45, 7) is 11.0. The number of nitrogens with one attached hydrogen (secondary N) is 1. The summed E-state index contributed by atoms with van der Waals surface area (Å²) in [4.78, 5) is 18.0. The van der Waals surface area contributed by atoms with Gasteiger partial charge in [-0.25, -0.2) is 9.37 Å². The van der Waals surface area contributed by atoms with E-state index in [1.165, 1.54) is 5.57 Å². The van der Waals surface area contributed by atoms with E-state index in [-0.39, 0.29) is 35.2 Å². The largest absolute Gasteiger partial charge is 0.375 e. The summed E-state index contributed by atoms with van der Waals surface area (Å²) in [7, 11) is 0. The molecule has 8 heteroatoms. The molecule has 0 bridgehead atoms. The zero-order valence-electron chi connectivity index (χ0n) is 22.4. The maximum Gasteiger partial charge on any atom is 0.173 e. The van der Waals surface area contributed by atoms with E-state index in [1.807, 2.05) is 20.8 Å². The van der Waals surface area contributed by atoms with Crippen LogP contribution >= 0.6 is 11.6 Å². The number of hydrogen-bond acceptors (Lipinski definition) is 6. The Labute approximate surface area is 223 Å². The molecule has 2 aromatic rings. The van der Waals surface area contributed by atoms with Gasteiger partial charge < -0.3 is 10.1 Å². The summed E-state index contributed by atoms with van der Waals surface area (Å²) in [5, 5.41) is 11.3. The highest BCUT2D eigenvalue weighted by atomic mass is 35.5. The molecule has 2 aliphatic rings. The molecule has 4 rings (SSSR count). The number of rotatable bonds is 10. The van der Waals surface area contributed by atoms with E-state index in [1.54, 1.807) is 12.3 Å². The molecule has 1 N–H and O–H groups in total. The van der Waals surface area contributed by atoms with Crippen molar-refractivity contribution in [1.82, 2.24) is 15.2 Å². The maximum absolute atomic E-state index is 16.3. The fraction of sp³-hybridized carbons (Fsp3) is 0.517.